The SMILES string of the molecule is NCc1cc(NS(=O)(=O)c2ccccc2)ccc1F. The van der Waals surface area contributed by atoms with Crippen LogP contribution in [-0.4, -0.2) is 8.42 Å². The highest BCUT2D eigenvalue weighted by molar-refractivity contribution is 7.92. The predicted molar refractivity (Wildman–Crippen MR) is 71.5 cm³/mol. The average Bonchev–Trinajstić information content (AvgIpc) is 2.42. The van der Waals surface area contributed by atoms with Gasteiger partial charge in [0.15, 0.2) is 0 Å². The van der Waals surface area contributed by atoms with Gasteiger partial charge in [-0.25, -0.2) is 12.8 Å². The number of hydrogen-bond donors (Lipinski definition) is 2. The van der Waals surface area contributed by atoms with Crippen LogP contribution in [0.25, 0.3) is 0 Å². The number of anilines is 1. The largest absolute Gasteiger partial charge is 0.326 e. The van der Waals surface area contributed by atoms with Crippen LogP contribution in [0.15, 0.2) is 53.4 Å². The first-order valence-electron chi connectivity index (χ1n) is 5.59. The monoisotopic (exact) mass is 280 g/mol. The number of nitrogens with two attached hydrogens (primary N) is 1. The first-order chi connectivity index (χ1) is 9.03. The van der Waals surface area contributed by atoms with E-state index in [4.69, 9.17) is 5.73 Å². The second-order valence-electron chi connectivity index (χ2n) is 3.93. The zero-order valence-corrected chi connectivity index (χ0v) is 10.8. The number of sulfonamides is 1. The van der Waals surface area contributed by atoms with E-state index < -0.39 is 15.8 Å². The summed E-state index contributed by atoms with van der Waals surface area (Å²) in [5.41, 5.74) is 5.92. The van der Waals surface area contributed by atoms with Gasteiger partial charge in [0.25, 0.3) is 10.0 Å². The molecule has 3 N–H and O–H groups in total. The standard InChI is InChI=1S/C13H13FN2O2S/c14-13-7-6-11(8-10(13)9-15)16-19(17,18)12-4-2-1-3-5-12/h1-8,16H,9,15H2. The minimum atomic E-state index is -3.66. The summed E-state index contributed by atoms with van der Waals surface area (Å²) in [6.07, 6.45) is 0. The molecule has 0 bridgehead atoms. The van der Waals surface area contributed by atoms with Crippen molar-refractivity contribution in [2.24, 2.45) is 5.73 Å². The van der Waals surface area contributed by atoms with Gasteiger partial charge in [-0.05, 0) is 30.3 Å². The summed E-state index contributed by atoms with van der Waals surface area (Å²) in [5.74, 6) is -0.454. The highest BCUT2D eigenvalue weighted by Gasteiger charge is 2.14. The van der Waals surface area contributed by atoms with Crippen LogP contribution in [-0.2, 0) is 16.6 Å². The number of benzene rings is 2. The van der Waals surface area contributed by atoms with Gasteiger partial charge in [-0.3, -0.25) is 4.72 Å². The summed E-state index contributed by atoms with van der Waals surface area (Å²) in [7, 11) is -3.66. The van der Waals surface area contributed by atoms with E-state index in [1.807, 2.05) is 0 Å². The molecule has 0 saturated carbocycles. The van der Waals surface area contributed by atoms with E-state index in [-0.39, 0.29) is 22.7 Å². The minimum Gasteiger partial charge on any atom is -0.326 e. The molecule has 100 valence electrons. The minimum absolute atomic E-state index is 0.00668. The molecule has 0 spiro atoms. The molecule has 2 rings (SSSR count). The van der Waals surface area contributed by atoms with Crippen LogP contribution in [0, 0.1) is 5.82 Å². The summed E-state index contributed by atoms with van der Waals surface area (Å²) in [6, 6.07) is 11.9. The molecule has 0 aromatic heterocycles. The first kappa shape index (κ1) is 13.5. The molecule has 0 fully saturated rings. The van der Waals surface area contributed by atoms with Crippen LogP contribution in [0.2, 0.25) is 0 Å². The molecular formula is C13H13FN2O2S. The molecule has 0 radical (unpaired) electrons. The molecule has 2 aromatic carbocycles. The van der Waals surface area contributed by atoms with Gasteiger partial charge in [0.1, 0.15) is 5.82 Å². The highest BCUT2D eigenvalue weighted by atomic mass is 32.2. The van der Waals surface area contributed by atoms with Crippen LogP contribution in [0.3, 0.4) is 0 Å². The second-order valence-corrected chi connectivity index (χ2v) is 5.61. The Kier molecular flexibility index (Phi) is 3.82. The molecule has 0 amide bonds. The Morgan fingerprint density at radius 3 is 2.42 bits per heavy atom. The topological polar surface area (TPSA) is 72.2 Å². The van der Waals surface area contributed by atoms with Crippen molar-refractivity contribution in [3.63, 3.8) is 0 Å². The van der Waals surface area contributed by atoms with Gasteiger partial charge >= 0.3 is 0 Å². The Balaban J connectivity index is 2.31. The smallest absolute Gasteiger partial charge is 0.261 e. The Bertz CT molecular complexity index is 672. The number of nitrogens with one attached hydrogen (secondary N) is 1. The van der Waals surface area contributed by atoms with Crippen LogP contribution in [0.4, 0.5) is 10.1 Å². The lowest BCUT2D eigenvalue weighted by molar-refractivity contribution is 0.600. The van der Waals surface area contributed by atoms with Crippen LogP contribution in [0.5, 0.6) is 0 Å². The van der Waals surface area contributed by atoms with Gasteiger partial charge in [0.05, 0.1) is 4.90 Å². The van der Waals surface area contributed by atoms with Crippen molar-refractivity contribution in [3.8, 4) is 0 Å². The molecule has 2 aromatic rings. The Hall–Kier alpha value is -1.92. The van der Waals surface area contributed by atoms with Gasteiger partial charge in [-0.1, -0.05) is 18.2 Å². The first-order valence-corrected chi connectivity index (χ1v) is 7.07. The molecule has 0 saturated heterocycles. The molecule has 6 heteroatoms. The normalized spacial score (nSPS) is 11.3. The third kappa shape index (κ3) is 3.10. The summed E-state index contributed by atoms with van der Waals surface area (Å²) in [5, 5.41) is 0. The summed E-state index contributed by atoms with van der Waals surface area (Å²) in [4.78, 5) is 0.147. The number of halogens is 1. The molecular weight excluding hydrogens is 267 g/mol. The van der Waals surface area contributed by atoms with Crippen molar-refractivity contribution in [1.82, 2.24) is 0 Å². The van der Waals surface area contributed by atoms with E-state index in [1.54, 1.807) is 18.2 Å². The second kappa shape index (κ2) is 5.38. The predicted octanol–water partition coefficient (Wildman–Crippen LogP) is 2.09. The third-order valence-electron chi connectivity index (χ3n) is 2.57. The van der Waals surface area contributed by atoms with E-state index in [2.05, 4.69) is 4.72 Å². The van der Waals surface area contributed by atoms with Gasteiger partial charge in [-0.2, -0.15) is 0 Å². The molecule has 0 aliphatic carbocycles. The van der Waals surface area contributed by atoms with Crippen LogP contribution in [0.1, 0.15) is 5.56 Å². The summed E-state index contributed by atoms with van der Waals surface area (Å²) in [6.45, 7) is 0.00668. The Morgan fingerprint density at radius 1 is 1.11 bits per heavy atom. The van der Waals surface area contributed by atoms with E-state index in [1.165, 1.54) is 30.3 Å². The Labute approximate surface area is 111 Å². The Morgan fingerprint density at radius 2 is 1.79 bits per heavy atom. The average molecular weight is 280 g/mol. The van der Waals surface area contributed by atoms with Gasteiger partial charge in [-0.15, -0.1) is 0 Å². The van der Waals surface area contributed by atoms with Crippen molar-refractivity contribution >= 4 is 15.7 Å². The molecule has 0 atom stereocenters. The molecule has 0 aliphatic heterocycles. The lowest BCUT2D eigenvalue weighted by Gasteiger charge is -2.09. The maximum Gasteiger partial charge on any atom is 0.261 e. The van der Waals surface area contributed by atoms with Crippen molar-refractivity contribution in [2.75, 3.05) is 4.72 Å². The van der Waals surface area contributed by atoms with Gasteiger partial charge < -0.3 is 5.73 Å². The van der Waals surface area contributed by atoms with Crippen molar-refractivity contribution < 1.29 is 12.8 Å². The van der Waals surface area contributed by atoms with E-state index in [0.29, 0.717) is 0 Å². The fourth-order valence-corrected chi connectivity index (χ4v) is 2.68. The maximum atomic E-state index is 13.3. The molecule has 0 heterocycles. The lowest BCUT2D eigenvalue weighted by atomic mass is 10.2. The molecule has 0 unspecified atom stereocenters. The fourth-order valence-electron chi connectivity index (χ4n) is 1.61. The van der Waals surface area contributed by atoms with E-state index in [9.17, 15) is 12.8 Å². The summed E-state index contributed by atoms with van der Waals surface area (Å²) < 4.78 is 39.8. The van der Waals surface area contributed by atoms with Gasteiger partial charge in [0.2, 0.25) is 0 Å². The zero-order valence-electron chi connectivity index (χ0n) is 10.0. The van der Waals surface area contributed by atoms with E-state index >= 15 is 0 Å². The zero-order chi connectivity index (χ0) is 13.9. The van der Waals surface area contributed by atoms with Crippen molar-refractivity contribution in [1.29, 1.82) is 0 Å². The fraction of sp³-hybridized carbons (Fsp3) is 0.0769. The summed E-state index contributed by atoms with van der Waals surface area (Å²) >= 11 is 0. The molecule has 4 nitrogen and oxygen atoms in total. The quantitative estimate of drug-likeness (QED) is 0.900. The van der Waals surface area contributed by atoms with Crippen LogP contribution < -0.4 is 10.5 Å². The molecule has 19 heavy (non-hydrogen) atoms. The molecule has 0 aliphatic rings. The maximum absolute atomic E-state index is 13.3. The van der Waals surface area contributed by atoms with Crippen molar-refractivity contribution in [2.45, 2.75) is 11.4 Å². The van der Waals surface area contributed by atoms with E-state index in [0.717, 1.165) is 0 Å². The highest BCUT2D eigenvalue weighted by Crippen LogP contribution is 2.18. The van der Waals surface area contributed by atoms with Gasteiger partial charge in [0, 0.05) is 17.8 Å². The van der Waals surface area contributed by atoms with Crippen LogP contribution >= 0.6 is 0 Å². The third-order valence-corrected chi connectivity index (χ3v) is 3.97. The lowest BCUT2D eigenvalue weighted by Crippen LogP contribution is -2.13. The van der Waals surface area contributed by atoms with Crippen molar-refractivity contribution in [3.05, 3.63) is 59.9 Å². The number of hydrogen-bond acceptors (Lipinski definition) is 3. The number of rotatable bonds is 4.